The van der Waals surface area contributed by atoms with Gasteiger partial charge in [0, 0.05) is 22.2 Å². The number of benzene rings is 1. The molecule has 0 saturated heterocycles. The summed E-state index contributed by atoms with van der Waals surface area (Å²) in [6.07, 6.45) is 4.94. The lowest BCUT2D eigenvalue weighted by atomic mass is 10.1. The summed E-state index contributed by atoms with van der Waals surface area (Å²) in [5, 5.41) is 7.64. The van der Waals surface area contributed by atoms with Gasteiger partial charge in [0.25, 0.3) is 0 Å². The Bertz CT molecular complexity index is 995. The van der Waals surface area contributed by atoms with Crippen molar-refractivity contribution in [3.8, 4) is 17.1 Å². The monoisotopic (exact) mass is 385 g/mol. The first-order valence-corrected chi connectivity index (χ1v) is 9.07. The van der Waals surface area contributed by atoms with Crippen LogP contribution in [0.25, 0.3) is 22.2 Å². The van der Waals surface area contributed by atoms with Crippen molar-refractivity contribution >= 4 is 28.4 Å². The number of rotatable bonds is 6. The zero-order valence-corrected chi connectivity index (χ0v) is 15.9. The molecule has 1 aliphatic rings. The molecule has 1 amide bonds. The van der Waals surface area contributed by atoms with Gasteiger partial charge in [0.1, 0.15) is 0 Å². The summed E-state index contributed by atoms with van der Waals surface area (Å²) in [6, 6.07) is 5.81. The molecule has 0 aliphatic heterocycles. The largest absolute Gasteiger partial charge is 0.480 e. The van der Waals surface area contributed by atoms with Crippen LogP contribution in [0.15, 0.2) is 30.6 Å². The van der Waals surface area contributed by atoms with Crippen molar-refractivity contribution in [1.82, 2.24) is 25.6 Å². The summed E-state index contributed by atoms with van der Waals surface area (Å²) in [4.78, 5) is 24.1. The van der Waals surface area contributed by atoms with Gasteiger partial charge in [-0.2, -0.15) is 0 Å². The van der Waals surface area contributed by atoms with Crippen molar-refractivity contribution in [3.63, 3.8) is 0 Å². The Labute approximate surface area is 161 Å². The molecule has 8 heteroatoms. The van der Waals surface area contributed by atoms with Gasteiger partial charge in [-0.05, 0) is 38.1 Å². The first-order valence-electron chi connectivity index (χ1n) is 8.69. The number of amides is 1. The lowest BCUT2D eigenvalue weighted by Gasteiger charge is -2.13. The van der Waals surface area contributed by atoms with Crippen LogP contribution in [0.4, 0.5) is 0 Å². The van der Waals surface area contributed by atoms with E-state index in [-0.39, 0.29) is 11.4 Å². The number of hydrogen-bond acceptors (Lipinski definition) is 5. The maximum atomic E-state index is 12.3. The quantitative estimate of drug-likeness (QED) is 0.606. The molecule has 27 heavy (non-hydrogen) atoms. The van der Waals surface area contributed by atoms with Crippen molar-refractivity contribution in [1.29, 1.82) is 0 Å². The lowest BCUT2D eigenvalue weighted by Crippen LogP contribution is -2.44. The van der Waals surface area contributed by atoms with E-state index in [9.17, 15) is 4.79 Å². The van der Waals surface area contributed by atoms with Crippen LogP contribution < -0.4 is 15.4 Å². The first kappa shape index (κ1) is 17.8. The molecule has 0 atom stereocenters. The molecule has 1 fully saturated rings. The Morgan fingerprint density at radius 2 is 2.11 bits per heavy atom. The number of nitrogens with one attached hydrogen (secondary N) is 3. The highest BCUT2D eigenvalue weighted by Crippen LogP contribution is 2.35. The molecule has 0 bridgehead atoms. The Morgan fingerprint density at radius 3 is 2.74 bits per heavy atom. The average molecular weight is 386 g/mol. The molecule has 2 aromatic heterocycles. The number of likely N-dealkylation sites (N-methyl/N-ethyl adjacent to an activating group) is 1. The summed E-state index contributed by atoms with van der Waals surface area (Å²) in [7, 11) is 3.37. The minimum atomic E-state index is -0.379. The molecule has 1 aromatic carbocycles. The molecule has 140 valence electrons. The molecule has 1 saturated carbocycles. The Balaban J connectivity index is 1.56. The third kappa shape index (κ3) is 3.36. The van der Waals surface area contributed by atoms with E-state index >= 15 is 0 Å². The van der Waals surface area contributed by atoms with Gasteiger partial charge in [0.05, 0.1) is 42.3 Å². The van der Waals surface area contributed by atoms with E-state index in [2.05, 4.69) is 25.6 Å². The number of methoxy groups -OCH3 is 1. The highest BCUT2D eigenvalue weighted by Gasteiger charge is 2.48. The molecule has 7 nitrogen and oxygen atoms in total. The van der Waals surface area contributed by atoms with Gasteiger partial charge in [-0.25, -0.2) is 9.97 Å². The normalized spacial score (nSPS) is 14.9. The number of halogens is 1. The van der Waals surface area contributed by atoms with Crippen LogP contribution in [0.2, 0.25) is 5.02 Å². The van der Waals surface area contributed by atoms with E-state index in [1.807, 2.05) is 25.2 Å². The molecule has 0 radical (unpaired) electrons. The minimum absolute atomic E-state index is 0.0379. The van der Waals surface area contributed by atoms with E-state index in [0.29, 0.717) is 23.1 Å². The second kappa shape index (κ2) is 6.83. The molecular weight excluding hydrogens is 366 g/mol. The van der Waals surface area contributed by atoms with E-state index in [1.165, 1.54) is 0 Å². The van der Waals surface area contributed by atoms with Crippen LogP contribution in [0, 0.1) is 0 Å². The number of fused-ring (bicyclic) bond motifs is 1. The topological polar surface area (TPSA) is 91.9 Å². The number of carbonyl (C=O) groups excluding carboxylic acids is 1. The summed E-state index contributed by atoms with van der Waals surface area (Å²) >= 11 is 6.44. The molecule has 1 aliphatic carbocycles. The van der Waals surface area contributed by atoms with Crippen molar-refractivity contribution in [2.24, 2.45) is 0 Å². The number of ether oxygens (including phenoxy) is 1. The summed E-state index contributed by atoms with van der Waals surface area (Å²) in [6.45, 7) is 0.437. The molecule has 3 aromatic rings. The molecule has 2 heterocycles. The van der Waals surface area contributed by atoms with E-state index in [4.69, 9.17) is 16.3 Å². The van der Waals surface area contributed by atoms with Crippen molar-refractivity contribution in [2.45, 2.75) is 24.9 Å². The predicted molar refractivity (Wildman–Crippen MR) is 104 cm³/mol. The van der Waals surface area contributed by atoms with Crippen LogP contribution in [0.3, 0.4) is 0 Å². The van der Waals surface area contributed by atoms with Crippen LogP contribution >= 0.6 is 11.6 Å². The summed E-state index contributed by atoms with van der Waals surface area (Å²) in [5.41, 5.74) is 2.90. The fourth-order valence-electron chi connectivity index (χ4n) is 3.13. The maximum Gasteiger partial charge on any atom is 0.240 e. The van der Waals surface area contributed by atoms with Gasteiger partial charge in [-0.1, -0.05) is 11.6 Å². The fraction of sp³-hybridized carbons (Fsp3) is 0.316. The Hall–Kier alpha value is -2.64. The molecule has 3 N–H and O–H groups in total. The average Bonchev–Trinajstić information content (AvgIpc) is 3.40. The van der Waals surface area contributed by atoms with Crippen molar-refractivity contribution < 1.29 is 9.53 Å². The molecule has 0 unspecified atom stereocenters. The standard InChI is InChI=1S/C19H20ClN5O2/c1-21-19(3-4-19)18(26)24-8-12-5-11-6-14(20)13(7-15(11)25-12)16-9-23-17(27-2)10-22-16/h5-7,9-10,21,25H,3-4,8H2,1-2H3,(H,24,26). The van der Waals surface area contributed by atoms with Gasteiger partial charge in [0.15, 0.2) is 0 Å². The van der Waals surface area contributed by atoms with Crippen molar-refractivity contribution in [3.05, 3.63) is 41.3 Å². The van der Waals surface area contributed by atoms with Crippen LogP contribution in [-0.4, -0.2) is 40.6 Å². The minimum Gasteiger partial charge on any atom is -0.480 e. The van der Waals surface area contributed by atoms with E-state index < -0.39 is 0 Å². The van der Waals surface area contributed by atoms with Gasteiger partial charge < -0.3 is 20.4 Å². The lowest BCUT2D eigenvalue weighted by molar-refractivity contribution is -0.124. The van der Waals surface area contributed by atoms with Gasteiger partial charge in [0.2, 0.25) is 11.8 Å². The van der Waals surface area contributed by atoms with Gasteiger partial charge in [-0.15, -0.1) is 0 Å². The number of carbonyl (C=O) groups is 1. The highest BCUT2D eigenvalue weighted by molar-refractivity contribution is 6.34. The van der Waals surface area contributed by atoms with Crippen molar-refractivity contribution in [2.75, 3.05) is 14.2 Å². The Kier molecular flexibility index (Phi) is 4.49. The smallest absolute Gasteiger partial charge is 0.240 e. The Morgan fingerprint density at radius 1 is 1.30 bits per heavy atom. The van der Waals surface area contributed by atoms with Crippen LogP contribution in [0.1, 0.15) is 18.5 Å². The zero-order valence-electron chi connectivity index (χ0n) is 15.1. The zero-order chi connectivity index (χ0) is 19.0. The predicted octanol–water partition coefficient (Wildman–Crippen LogP) is 2.66. The van der Waals surface area contributed by atoms with Gasteiger partial charge >= 0.3 is 0 Å². The fourth-order valence-corrected chi connectivity index (χ4v) is 3.39. The number of H-pyrrole nitrogens is 1. The first-order chi connectivity index (χ1) is 13.0. The van der Waals surface area contributed by atoms with E-state index in [1.54, 1.807) is 19.5 Å². The SMILES string of the molecule is CNC1(C(=O)NCc2cc3cc(Cl)c(-c4cnc(OC)cn4)cc3[nH]2)CC1. The summed E-state index contributed by atoms with van der Waals surface area (Å²) in [5.74, 6) is 0.486. The van der Waals surface area contributed by atoms with E-state index in [0.717, 1.165) is 35.0 Å². The molecule has 4 rings (SSSR count). The number of aromatic nitrogens is 3. The number of nitrogens with zero attached hydrogens (tertiary/aromatic N) is 2. The molecule has 0 spiro atoms. The highest BCUT2D eigenvalue weighted by atomic mass is 35.5. The summed E-state index contributed by atoms with van der Waals surface area (Å²) < 4.78 is 5.04. The molecular formula is C19H20ClN5O2. The van der Waals surface area contributed by atoms with Crippen LogP contribution in [-0.2, 0) is 11.3 Å². The third-order valence-electron chi connectivity index (χ3n) is 4.98. The second-order valence-corrected chi connectivity index (χ2v) is 7.08. The van der Waals surface area contributed by atoms with Gasteiger partial charge in [-0.3, -0.25) is 4.79 Å². The third-order valence-corrected chi connectivity index (χ3v) is 5.29. The van der Waals surface area contributed by atoms with Crippen LogP contribution in [0.5, 0.6) is 5.88 Å². The maximum absolute atomic E-state index is 12.3. The number of aromatic amines is 1. The number of hydrogen-bond donors (Lipinski definition) is 3. The second-order valence-electron chi connectivity index (χ2n) is 6.67.